The lowest BCUT2D eigenvalue weighted by Gasteiger charge is -2.05. The molecule has 0 N–H and O–H groups in total. The topological polar surface area (TPSA) is 30.2 Å². The largest absolute Gasteiger partial charge is 0.200 e. The summed E-state index contributed by atoms with van der Waals surface area (Å²) in [6.45, 7) is 0. The standard InChI is InChI=1S/C16H8ClN3/c17-16-12-8-4-2-6-10(12)13-9-5-1-3-7-11(9)14-15(13)20(16)19-18-14/h1-8H. The van der Waals surface area contributed by atoms with Crippen molar-refractivity contribution in [3.05, 3.63) is 53.7 Å². The summed E-state index contributed by atoms with van der Waals surface area (Å²) in [5.74, 6) is 0. The first kappa shape index (κ1) is 10.4. The number of nitrogens with zero attached hydrogens (tertiary/aromatic N) is 3. The van der Waals surface area contributed by atoms with Crippen molar-refractivity contribution >= 4 is 49.6 Å². The van der Waals surface area contributed by atoms with Crippen molar-refractivity contribution in [1.29, 1.82) is 0 Å². The van der Waals surface area contributed by atoms with Crippen molar-refractivity contribution in [3.8, 4) is 0 Å². The number of pyridine rings is 1. The van der Waals surface area contributed by atoms with Crippen LogP contribution >= 0.6 is 11.6 Å². The number of aromatic nitrogens is 3. The van der Waals surface area contributed by atoms with E-state index in [4.69, 9.17) is 11.6 Å². The molecule has 0 aliphatic carbocycles. The fraction of sp³-hybridized carbons (Fsp3) is 0. The minimum atomic E-state index is 0.617. The van der Waals surface area contributed by atoms with Crippen molar-refractivity contribution in [1.82, 2.24) is 14.8 Å². The molecule has 0 atom stereocenters. The highest BCUT2D eigenvalue weighted by atomic mass is 35.5. The zero-order chi connectivity index (χ0) is 13.3. The number of fused-ring (bicyclic) bond motifs is 5. The maximum Gasteiger partial charge on any atom is 0.140 e. The SMILES string of the molecule is Clc1c2ccccc2c2c3ccccc3c3nnn1c32. The van der Waals surface area contributed by atoms with Crippen molar-refractivity contribution in [2.75, 3.05) is 0 Å². The molecule has 5 aromatic rings. The minimum Gasteiger partial charge on any atom is -0.200 e. The fourth-order valence-electron chi connectivity index (χ4n) is 3.13. The van der Waals surface area contributed by atoms with E-state index in [-0.39, 0.29) is 0 Å². The van der Waals surface area contributed by atoms with Crippen LogP contribution in [-0.4, -0.2) is 14.8 Å². The molecule has 5 rings (SSSR count). The number of hydrogen-bond acceptors (Lipinski definition) is 2. The average Bonchev–Trinajstić information content (AvgIpc) is 3.05. The summed E-state index contributed by atoms with van der Waals surface area (Å²) in [6.07, 6.45) is 0. The van der Waals surface area contributed by atoms with E-state index in [9.17, 15) is 0 Å². The lowest BCUT2D eigenvalue weighted by atomic mass is 10.1. The van der Waals surface area contributed by atoms with Gasteiger partial charge in [-0.2, -0.15) is 0 Å². The van der Waals surface area contributed by atoms with Crippen molar-refractivity contribution in [2.45, 2.75) is 0 Å². The van der Waals surface area contributed by atoms with E-state index >= 15 is 0 Å². The van der Waals surface area contributed by atoms with Crippen LogP contribution in [0.5, 0.6) is 0 Å². The van der Waals surface area contributed by atoms with Crippen molar-refractivity contribution < 1.29 is 0 Å². The second-order valence-corrected chi connectivity index (χ2v) is 5.31. The molecule has 0 aliphatic heterocycles. The molecule has 0 radical (unpaired) electrons. The number of hydrogen-bond donors (Lipinski definition) is 0. The van der Waals surface area contributed by atoms with Gasteiger partial charge in [-0.15, -0.1) is 5.10 Å². The maximum absolute atomic E-state index is 6.49. The van der Waals surface area contributed by atoms with Crippen LogP contribution in [0.2, 0.25) is 5.15 Å². The highest BCUT2D eigenvalue weighted by Gasteiger charge is 2.19. The minimum absolute atomic E-state index is 0.617. The van der Waals surface area contributed by atoms with Gasteiger partial charge >= 0.3 is 0 Å². The first-order valence-electron chi connectivity index (χ1n) is 6.41. The molecule has 2 heterocycles. The molecular formula is C16H8ClN3. The molecule has 0 saturated heterocycles. The Balaban J connectivity index is 2.31. The summed E-state index contributed by atoms with van der Waals surface area (Å²) in [5, 5.41) is 14.8. The van der Waals surface area contributed by atoms with E-state index in [2.05, 4.69) is 34.6 Å². The van der Waals surface area contributed by atoms with Crippen LogP contribution in [0.3, 0.4) is 0 Å². The Morgan fingerprint density at radius 3 is 2.15 bits per heavy atom. The number of halogens is 1. The van der Waals surface area contributed by atoms with E-state index < -0.39 is 0 Å². The number of benzene rings is 2. The normalized spacial score (nSPS) is 12.2. The molecule has 0 spiro atoms. The summed E-state index contributed by atoms with van der Waals surface area (Å²) in [6, 6.07) is 16.5. The Morgan fingerprint density at radius 2 is 1.40 bits per heavy atom. The second-order valence-electron chi connectivity index (χ2n) is 4.96. The van der Waals surface area contributed by atoms with Crippen LogP contribution in [0.25, 0.3) is 38.0 Å². The summed E-state index contributed by atoms with van der Waals surface area (Å²) < 4.78 is 1.74. The quantitative estimate of drug-likeness (QED) is 0.396. The van der Waals surface area contributed by atoms with Crippen LogP contribution in [0.4, 0.5) is 0 Å². The predicted octanol–water partition coefficient (Wildman–Crippen LogP) is 4.28. The van der Waals surface area contributed by atoms with Crippen molar-refractivity contribution in [3.63, 3.8) is 0 Å². The molecule has 20 heavy (non-hydrogen) atoms. The third kappa shape index (κ3) is 1.04. The van der Waals surface area contributed by atoms with Gasteiger partial charge in [-0.1, -0.05) is 65.3 Å². The lowest BCUT2D eigenvalue weighted by Crippen LogP contribution is -1.91. The van der Waals surface area contributed by atoms with Gasteiger partial charge in [0.1, 0.15) is 16.2 Å². The van der Waals surface area contributed by atoms with E-state index in [1.165, 1.54) is 10.8 Å². The first-order chi connectivity index (χ1) is 9.86. The molecule has 94 valence electrons. The molecule has 0 saturated carbocycles. The smallest absolute Gasteiger partial charge is 0.140 e. The lowest BCUT2D eigenvalue weighted by molar-refractivity contribution is 0.868. The van der Waals surface area contributed by atoms with Gasteiger partial charge in [-0.05, 0) is 10.8 Å². The van der Waals surface area contributed by atoms with Gasteiger partial charge < -0.3 is 0 Å². The molecule has 3 nitrogen and oxygen atoms in total. The third-order valence-corrected chi connectivity index (χ3v) is 4.33. The maximum atomic E-state index is 6.49. The van der Waals surface area contributed by atoms with Gasteiger partial charge in [0.05, 0.1) is 0 Å². The molecule has 0 unspecified atom stereocenters. The summed E-state index contributed by atoms with van der Waals surface area (Å²) in [4.78, 5) is 0. The summed E-state index contributed by atoms with van der Waals surface area (Å²) in [5.41, 5.74) is 1.93. The van der Waals surface area contributed by atoms with Crippen LogP contribution in [-0.2, 0) is 0 Å². The Labute approximate surface area is 118 Å². The highest BCUT2D eigenvalue weighted by molar-refractivity contribution is 6.39. The van der Waals surface area contributed by atoms with E-state index in [0.29, 0.717) is 5.15 Å². The van der Waals surface area contributed by atoms with Gasteiger partial charge in [0.25, 0.3) is 0 Å². The molecule has 2 aromatic heterocycles. The predicted molar refractivity (Wildman–Crippen MR) is 81.7 cm³/mol. The number of rotatable bonds is 0. The van der Waals surface area contributed by atoms with Crippen LogP contribution < -0.4 is 0 Å². The van der Waals surface area contributed by atoms with E-state index in [1.807, 2.05) is 24.3 Å². The Hall–Kier alpha value is -2.39. The van der Waals surface area contributed by atoms with Gasteiger partial charge in [0, 0.05) is 16.2 Å². The van der Waals surface area contributed by atoms with Crippen LogP contribution in [0.1, 0.15) is 0 Å². The summed E-state index contributed by atoms with van der Waals surface area (Å²) >= 11 is 6.49. The van der Waals surface area contributed by atoms with Crippen molar-refractivity contribution in [2.24, 2.45) is 0 Å². The summed E-state index contributed by atoms with van der Waals surface area (Å²) in [7, 11) is 0. The van der Waals surface area contributed by atoms with E-state index in [0.717, 1.165) is 27.2 Å². The van der Waals surface area contributed by atoms with Crippen LogP contribution in [0.15, 0.2) is 48.5 Å². The van der Waals surface area contributed by atoms with Crippen LogP contribution in [0, 0.1) is 0 Å². The zero-order valence-corrected chi connectivity index (χ0v) is 11.1. The van der Waals surface area contributed by atoms with E-state index in [1.54, 1.807) is 4.52 Å². The second kappa shape index (κ2) is 3.38. The highest BCUT2D eigenvalue weighted by Crippen LogP contribution is 2.40. The Kier molecular flexibility index (Phi) is 1.76. The monoisotopic (exact) mass is 277 g/mol. The Bertz CT molecular complexity index is 1110. The Morgan fingerprint density at radius 1 is 0.800 bits per heavy atom. The zero-order valence-electron chi connectivity index (χ0n) is 10.3. The molecule has 0 aliphatic rings. The van der Waals surface area contributed by atoms with Gasteiger partial charge in [-0.25, -0.2) is 4.52 Å². The average molecular weight is 278 g/mol. The van der Waals surface area contributed by atoms with Gasteiger partial charge in [-0.3, -0.25) is 0 Å². The van der Waals surface area contributed by atoms with Gasteiger partial charge in [0.2, 0.25) is 0 Å². The molecule has 0 amide bonds. The third-order valence-electron chi connectivity index (χ3n) is 3.96. The fourth-order valence-corrected chi connectivity index (χ4v) is 3.41. The molecule has 0 bridgehead atoms. The first-order valence-corrected chi connectivity index (χ1v) is 6.79. The molecule has 0 fully saturated rings. The molecule has 4 heteroatoms. The van der Waals surface area contributed by atoms with Gasteiger partial charge in [0.15, 0.2) is 0 Å². The molecular weight excluding hydrogens is 270 g/mol. The molecule has 3 aromatic carbocycles.